The van der Waals surface area contributed by atoms with E-state index in [1.54, 1.807) is 24.3 Å². The molecule has 0 fully saturated rings. The number of hydrogen-bond acceptors (Lipinski definition) is 4. The molecule has 0 aliphatic heterocycles. The second-order valence-corrected chi connectivity index (χ2v) is 5.82. The number of nitrogen functional groups attached to an aromatic ring is 2. The number of hydrogen-bond donors (Lipinski definition) is 2. The summed E-state index contributed by atoms with van der Waals surface area (Å²) in [6.45, 7) is 0. The van der Waals surface area contributed by atoms with Crippen molar-refractivity contribution in [2.45, 2.75) is 10.0 Å². The Morgan fingerprint density at radius 3 is 1.40 bits per heavy atom. The maximum atomic E-state index is 5.82. The van der Waals surface area contributed by atoms with Crippen LogP contribution in [0.15, 0.2) is 48.5 Å². The van der Waals surface area contributed by atoms with Crippen molar-refractivity contribution >= 4 is 43.2 Å². The highest BCUT2D eigenvalue weighted by atomic mass is 79.9. The van der Waals surface area contributed by atoms with Gasteiger partial charge in [0.1, 0.15) is 11.5 Å². The van der Waals surface area contributed by atoms with E-state index in [2.05, 4.69) is 31.9 Å². The van der Waals surface area contributed by atoms with Crippen LogP contribution in [0.3, 0.4) is 0 Å². The molecule has 2 atom stereocenters. The summed E-state index contributed by atoms with van der Waals surface area (Å²) in [5, 5.41) is -0.849. The van der Waals surface area contributed by atoms with Gasteiger partial charge < -0.3 is 20.9 Å². The fraction of sp³-hybridized carbons (Fsp3) is 0.143. The third-order valence-corrected chi connectivity index (χ3v) is 4.57. The molecule has 4 N–H and O–H groups in total. The van der Waals surface area contributed by atoms with Crippen molar-refractivity contribution in [1.29, 1.82) is 0 Å². The quantitative estimate of drug-likeness (QED) is 0.591. The highest BCUT2D eigenvalue weighted by Crippen LogP contribution is 2.29. The minimum Gasteiger partial charge on any atom is -0.472 e. The minimum absolute atomic E-state index is 0.424. The molecule has 0 aromatic heterocycles. The Kier molecular flexibility index (Phi) is 5.14. The molecule has 2 aromatic rings. The number of rotatable bonds is 5. The Labute approximate surface area is 134 Å². The molecule has 2 aromatic carbocycles. The van der Waals surface area contributed by atoms with Crippen LogP contribution in [-0.4, -0.2) is 10.0 Å². The van der Waals surface area contributed by atoms with Crippen LogP contribution in [0, 0.1) is 0 Å². The zero-order chi connectivity index (χ0) is 14.5. The number of para-hydroxylation sites is 4. The SMILES string of the molecule is Nc1ccccc1OC(Br)C(Br)Oc1ccccc1N. The average Bonchev–Trinajstić information content (AvgIpc) is 2.43. The Bertz CT molecular complexity index is 529. The van der Waals surface area contributed by atoms with Crippen molar-refractivity contribution in [1.82, 2.24) is 0 Å². The van der Waals surface area contributed by atoms with E-state index in [4.69, 9.17) is 20.9 Å². The third-order valence-electron chi connectivity index (χ3n) is 2.52. The maximum Gasteiger partial charge on any atom is 0.199 e. The zero-order valence-corrected chi connectivity index (χ0v) is 13.7. The van der Waals surface area contributed by atoms with E-state index in [9.17, 15) is 0 Å². The molecule has 0 bridgehead atoms. The van der Waals surface area contributed by atoms with E-state index < -0.39 is 10.0 Å². The normalized spacial score (nSPS) is 13.5. The highest BCUT2D eigenvalue weighted by molar-refractivity contribution is 9.12. The fourth-order valence-corrected chi connectivity index (χ4v) is 2.14. The van der Waals surface area contributed by atoms with Crippen LogP contribution in [0.2, 0.25) is 0 Å². The second-order valence-electron chi connectivity index (χ2n) is 4.01. The van der Waals surface area contributed by atoms with Gasteiger partial charge in [-0.1, -0.05) is 24.3 Å². The Balaban J connectivity index is 2.01. The first kappa shape index (κ1) is 15.0. The van der Waals surface area contributed by atoms with Crippen LogP contribution in [0.25, 0.3) is 0 Å². The van der Waals surface area contributed by atoms with Crippen LogP contribution >= 0.6 is 31.9 Å². The molecule has 0 radical (unpaired) electrons. The van der Waals surface area contributed by atoms with E-state index >= 15 is 0 Å². The van der Waals surface area contributed by atoms with Gasteiger partial charge in [0.05, 0.1) is 11.4 Å². The summed E-state index contributed by atoms with van der Waals surface area (Å²) in [5.41, 5.74) is 12.8. The van der Waals surface area contributed by atoms with Gasteiger partial charge in [0.15, 0.2) is 10.0 Å². The lowest BCUT2D eigenvalue weighted by atomic mass is 10.3. The van der Waals surface area contributed by atoms with Gasteiger partial charge >= 0.3 is 0 Å². The third kappa shape index (κ3) is 3.80. The molecule has 0 saturated carbocycles. The highest BCUT2D eigenvalue weighted by Gasteiger charge is 2.20. The lowest BCUT2D eigenvalue weighted by Gasteiger charge is -2.21. The first-order valence-corrected chi connectivity index (χ1v) is 7.71. The monoisotopic (exact) mass is 400 g/mol. The fourth-order valence-electron chi connectivity index (χ4n) is 1.53. The lowest BCUT2D eigenvalue weighted by Crippen LogP contribution is -2.26. The first-order valence-electron chi connectivity index (χ1n) is 5.88. The van der Waals surface area contributed by atoms with Gasteiger partial charge in [0.25, 0.3) is 0 Å². The topological polar surface area (TPSA) is 70.5 Å². The van der Waals surface area contributed by atoms with Crippen LogP contribution in [-0.2, 0) is 0 Å². The van der Waals surface area contributed by atoms with E-state index in [-0.39, 0.29) is 0 Å². The molecule has 0 spiro atoms. The number of nitrogens with two attached hydrogens (primary N) is 2. The van der Waals surface area contributed by atoms with Crippen LogP contribution < -0.4 is 20.9 Å². The van der Waals surface area contributed by atoms with Crippen molar-refractivity contribution in [3.05, 3.63) is 48.5 Å². The Morgan fingerprint density at radius 1 is 0.700 bits per heavy atom. The van der Waals surface area contributed by atoms with Crippen molar-refractivity contribution in [2.75, 3.05) is 11.5 Å². The molecule has 0 aliphatic carbocycles. The smallest absolute Gasteiger partial charge is 0.199 e. The lowest BCUT2D eigenvalue weighted by molar-refractivity contribution is 0.179. The van der Waals surface area contributed by atoms with Crippen molar-refractivity contribution in [3.8, 4) is 11.5 Å². The summed E-state index contributed by atoms with van der Waals surface area (Å²) in [7, 11) is 0. The first-order chi connectivity index (χ1) is 9.58. The van der Waals surface area contributed by atoms with Crippen LogP contribution in [0.4, 0.5) is 11.4 Å². The van der Waals surface area contributed by atoms with Gasteiger partial charge in [-0.25, -0.2) is 0 Å². The molecule has 106 valence electrons. The molecule has 20 heavy (non-hydrogen) atoms. The van der Waals surface area contributed by atoms with Gasteiger partial charge in [-0.15, -0.1) is 0 Å². The predicted molar refractivity (Wildman–Crippen MR) is 88.4 cm³/mol. The van der Waals surface area contributed by atoms with E-state index in [0.29, 0.717) is 22.9 Å². The van der Waals surface area contributed by atoms with Gasteiger partial charge in [-0.3, -0.25) is 0 Å². The maximum absolute atomic E-state index is 5.82. The summed E-state index contributed by atoms with van der Waals surface area (Å²) in [4.78, 5) is 0. The molecule has 0 amide bonds. The molecule has 6 heteroatoms. The molecule has 0 heterocycles. The van der Waals surface area contributed by atoms with Crippen molar-refractivity contribution in [2.24, 2.45) is 0 Å². The van der Waals surface area contributed by atoms with Gasteiger partial charge in [0.2, 0.25) is 0 Å². The Morgan fingerprint density at radius 2 is 1.05 bits per heavy atom. The molecule has 2 unspecified atom stereocenters. The summed E-state index contributed by atoms with van der Waals surface area (Å²) in [6.07, 6.45) is 0. The largest absolute Gasteiger partial charge is 0.472 e. The molecular weight excluding hydrogens is 388 g/mol. The van der Waals surface area contributed by atoms with Gasteiger partial charge in [-0.2, -0.15) is 0 Å². The second kappa shape index (κ2) is 6.85. The number of halogens is 2. The van der Waals surface area contributed by atoms with Crippen molar-refractivity contribution < 1.29 is 9.47 Å². The molecule has 2 rings (SSSR count). The summed E-state index contributed by atoms with van der Waals surface area (Å²) < 4.78 is 11.4. The minimum atomic E-state index is -0.424. The molecule has 4 nitrogen and oxygen atoms in total. The Hall–Kier alpha value is -1.40. The van der Waals surface area contributed by atoms with Crippen LogP contribution in [0.1, 0.15) is 0 Å². The number of benzene rings is 2. The summed E-state index contributed by atoms with van der Waals surface area (Å²) in [6, 6.07) is 14.5. The van der Waals surface area contributed by atoms with Gasteiger partial charge in [-0.05, 0) is 56.1 Å². The molecular formula is C14H14Br2N2O2. The molecule has 0 aliphatic rings. The van der Waals surface area contributed by atoms with E-state index in [1.807, 2.05) is 24.3 Å². The number of alkyl halides is 2. The standard InChI is InChI=1S/C14H14Br2N2O2/c15-13(19-11-7-3-1-5-9(11)17)14(16)20-12-8-4-2-6-10(12)18/h1-8,13-14H,17-18H2. The zero-order valence-electron chi connectivity index (χ0n) is 10.5. The molecule has 0 saturated heterocycles. The van der Waals surface area contributed by atoms with Crippen molar-refractivity contribution in [3.63, 3.8) is 0 Å². The van der Waals surface area contributed by atoms with Crippen LogP contribution in [0.5, 0.6) is 11.5 Å². The van der Waals surface area contributed by atoms with E-state index in [1.165, 1.54) is 0 Å². The number of ether oxygens (including phenoxy) is 2. The summed E-state index contributed by atoms with van der Waals surface area (Å²) >= 11 is 6.81. The summed E-state index contributed by atoms with van der Waals surface area (Å²) in [5.74, 6) is 1.17. The van der Waals surface area contributed by atoms with Gasteiger partial charge in [0, 0.05) is 0 Å². The predicted octanol–water partition coefficient (Wildman–Crippen LogP) is 3.75. The number of anilines is 2. The average molecular weight is 402 g/mol. The van der Waals surface area contributed by atoms with E-state index in [0.717, 1.165) is 0 Å².